The molecule has 2 amide bonds. The summed E-state index contributed by atoms with van der Waals surface area (Å²) in [7, 11) is 0. The van der Waals surface area contributed by atoms with Crippen molar-refractivity contribution >= 4 is 35.8 Å². The molecule has 1 aliphatic heterocycles. The van der Waals surface area contributed by atoms with Crippen LogP contribution in [0.2, 0.25) is 0 Å². The Balaban J connectivity index is 1.24. The van der Waals surface area contributed by atoms with Crippen LogP contribution in [-0.4, -0.2) is 35.7 Å². The molecule has 0 bridgehead atoms. The van der Waals surface area contributed by atoms with Gasteiger partial charge in [0.05, 0.1) is 16.7 Å². The van der Waals surface area contributed by atoms with E-state index in [0.29, 0.717) is 28.2 Å². The van der Waals surface area contributed by atoms with E-state index in [1.165, 1.54) is 48.7 Å². The van der Waals surface area contributed by atoms with E-state index in [-0.39, 0.29) is 29.5 Å². The number of benzene rings is 4. The molecule has 5 rings (SSSR count). The van der Waals surface area contributed by atoms with E-state index >= 15 is 0 Å². The first-order valence-corrected chi connectivity index (χ1v) is 12.7. The number of hydrogen-bond acceptors (Lipinski definition) is 9. The Morgan fingerprint density at radius 1 is 0.837 bits per heavy atom. The van der Waals surface area contributed by atoms with Crippen molar-refractivity contribution in [1.29, 1.82) is 0 Å². The van der Waals surface area contributed by atoms with Gasteiger partial charge in [-0.3, -0.25) is 19.7 Å². The molecule has 0 fully saturated rings. The predicted molar refractivity (Wildman–Crippen MR) is 155 cm³/mol. The van der Waals surface area contributed by atoms with Gasteiger partial charge in [-0.05, 0) is 77.9 Å². The summed E-state index contributed by atoms with van der Waals surface area (Å²) < 4.78 is 16.0. The highest BCUT2D eigenvalue weighted by Gasteiger charge is 2.17. The van der Waals surface area contributed by atoms with E-state index in [4.69, 9.17) is 14.2 Å². The van der Waals surface area contributed by atoms with Crippen LogP contribution in [0.3, 0.4) is 0 Å². The van der Waals surface area contributed by atoms with Crippen LogP contribution < -0.4 is 25.0 Å². The number of hydrogen-bond donors (Lipinski definition) is 2. The van der Waals surface area contributed by atoms with E-state index in [1.54, 1.807) is 60.7 Å². The molecule has 0 unspecified atom stereocenters. The molecular formula is C31H22N4O8. The number of hydrazone groups is 1. The number of carbonyl (C=O) groups excluding carboxylic acids is 3. The first kappa shape index (κ1) is 28.2. The molecular weight excluding hydrogens is 556 g/mol. The molecule has 12 nitrogen and oxygen atoms in total. The Kier molecular flexibility index (Phi) is 8.48. The fourth-order valence-electron chi connectivity index (χ4n) is 3.84. The summed E-state index contributed by atoms with van der Waals surface area (Å²) in [4.78, 5) is 48.4. The summed E-state index contributed by atoms with van der Waals surface area (Å²) in [5, 5.41) is 17.4. The fourth-order valence-corrected chi connectivity index (χ4v) is 3.84. The Labute approximate surface area is 244 Å². The molecule has 12 heteroatoms. The average molecular weight is 579 g/mol. The van der Waals surface area contributed by atoms with Crippen LogP contribution in [0.5, 0.6) is 17.2 Å². The molecule has 43 heavy (non-hydrogen) atoms. The number of rotatable bonds is 9. The molecule has 0 atom stereocenters. The number of esters is 1. The van der Waals surface area contributed by atoms with Gasteiger partial charge >= 0.3 is 5.97 Å². The third-order valence-electron chi connectivity index (χ3n) is 6.02. The minimum atomic E-state index is -0.678. The normalized spacial score (nSPS) is 12.0. The highest BCUT2D eigenvalue weighted by molar-refractivity contribution is 6.05. The van der Waals surface area contributed by atoms with Crippen LogP contribution >= 0.6 is 0 Å². The van der Waals surface area contributed by atoms with Gasteiger partial charge in [0, 0.05) is 17.7 Å². The maximum absolute atomic E-state index is 13.0. The van der Waals surface area contributed by atoms with Crippen molar-refractivity contribution < 1.29 is 33.5 Å². The standard InChI is InChI=1S/C31H22N4O8/c36-29(22-4-2-1-3-5-22)33-26(16-21-8-15-27-28(17-21)42-19-41-27)30(37)34-32-18-20-6-13-25(14-7-20)43-31(38)23-9-11-24(12-10-23)35(39)40/h1-18H,19H2,(H,33,36)(H,34,37). The topological polar surface area (TPSA) is 158 Å². The van der Waals surface area contributed by atoms with Crippen molar-refractivity contribution in [2.24, 2.45) is 5.10 Å². The highest BCUT2D eigenvalue weighted by atomic mass is 16.7. The minimum Gasteiger partial charge on any atom is -0.454 e. The van der Waals surface area contributed by atoms with E-state index in [1.807, 2.05) is 0 Å². The van der Waals surface area contributed by atoms with Crippen molar-refractivity contribution in [3.8, 4) is 17.2 Å². The van der Waals surface area contributed by atoms with Gasteiger partial charge in [-0.1, -0.05) is 24.3 Å². The highest BCUT2D eigenvalue weighted by Crippen LogP contribution is 2.33. The van der Waals surface area contributed by atoms with Gasteiger partial charge in [-0.25, -0.2) is 10.2 Å². The molecule has 1 aliphatic rings. The van der Waals surface area contributed by atoms with Gasteiger partial charge in [0.2, 0.25) is 6.79 Å². The van der Waals surface area contributed by atoms with E-state index in [9.17, 15) is 24.5 Å². The van der Waals surface area contributed by atoms with Crippen LogP contribution in [0.15, 0.2) is 108 Å². The second-order valence-electron chi connectivity index (χ2n) is 8.95. The Morgan fingerprint density at radius 3 is 2.26 bits per heavy atom. The van der Waals surface area contributed by atoms with Crippen molar-refractivity contribution in [2.45, 2.75) is 0 Å². The number of nitrogens with zero attached hydrogens (tertiary/aromatic N) is 2. The summed E-state index contributed by atoms with van der Waals surface area (Å²) in [6, 6.07) is 24.9. The lowest BCUT2D eigenvalue weighted by molar-refractivity contribution is -0.384. The summed E-state index contributed by atoms with van der Waals surface area (Å²) in [6.07, 6.45) is 2.86. The SMILES string of the molecule is O=C(NN=Cc1ccc(OC(=O)c2ccc([N+](=O)[O-])cc2)cc1)C(=Cc1ccc2c(c1)OCO2)NC(=O)c1ccccc1. The Morgan fingerprint density at radius 2 is 1.53 bits per heavy atom. The van der Waals surface area contributed by atoms with Gasteiger partial charge in [-0.15, -0.1) is 0 Å². The first-order valence-electron chi connectivity index (χ1n) is 12.7. The maximum Gasteiger partial charge on any atom is 0.343 e. The van der Waals surface area contributed by atoms with Crippen LogP contribution in [-0.2, 0) is 4.79 Å². The van der Waals surface area contributed by atoms with Crippen molar-refractivity contribution in [3.05, 3.63) is 135 Å². The maximum atomic E-state index is 13.0. The molecule has 0 spiro atoms. The van der Waals surface area contributed by atoms with Crippen LogP contribution in [0, 0.1) is 10.1 Å². The predicted octanol–water partition coefficient (Wildman–Crippen LogP) is 4.46. The van der Waals surface area contributed by atoms with Gasteiger partial charge in [0.25, 0.3) is 17.5 Å². The molecule has 2 N–H and O–H groups in total. The zero-order valence-electron chi connectivity index (χ0n) is 22.3. The number of fused-ring (bicyclic) bond motifs is 1. The van der Waals surface area contributed by atoms with E-state index in [0.717, 1.165) is 0 Å². The van der Waals surface area contributed by atoms with Crippen molar-refractivity contribution in [1.82, 2.24) is 10.7 Å². The monoisotopic (exact) mass is 578 g/mol. The summed E-state index contributed by atoms with van der Waals surface area (Å²) >= 11 is 0. The molecule has 0 saturated heterocycles. The first-order chi connectivity index (χ1) is 20.9. The van der Waals surface area contributed by atoms with Gasteiger partial charge < -0.3 is 19.5 Å². The summed E-state index contributed by atoms with van der Waals surface area (Å²) in [5.41, 5.74) is 3.89. The van der Waals surface area contributed by atoms with Gasteiger partial charge in [0.15, 0.2) is 11.5 Å². The number of ether oxygens (including phenoxy) is 3. The van der Waals surface area contributed by atoms with Gasteiger partial charge in [0.1, 0.15) is 11.4 Å². The minimum absolute atomic E-state index is 0.0571. The third kappa shape index (κ3) is 7.27. The molecule has 4 aromatic rings. The van der Waals surface area contributed by atoms with E-state index in [2.05, 4.69) is 15.8 Å². The molecule has 0 aromatic heterocycles. The molecule has 1 heterocycles. The number of carbonyl (C=O) groups is 3. The summed E-state index contributed by atoms with van der Waals surface area (Å²) in [5.74, 6) is -0.501. The van der Waals surface area contributed by atoms with Crippen LogP contribution in [0.1, 0.15) is 31.8 Å². The molecule has 0 radical (unpaired) electrons. The fraction of sp³-hybridized carbons (Fsp3) is 0.0323. The second-order valence-corrected chi connectivity index (χ2v) is 8.95. The van der Waals surface area contributed by atoms with Gasteiger partial charge in [-0.2, -0.15) is 5.10 Å². The molecule has 214 valence electrons. The zero-order valence-corrected chi connectivity index (χ0v) is 22.3. The van der Waals surface area contributed by atoms with E-state index < -0.39 is 22.7 Å². The zero-order chi connectivity index (χ0) is 30.2. The smallest absolute Gasteiger partial charge is 0.343 e. The number of nitro groups is 1. The lowest BCUT2D eigenvalue weighted by atomic mass is 10.1. The Bertz CT molecular complexity index is 1730. The average Bonchev–Trinajstić information content (AvgIpc) is 3.50. The lowest BCUT2D eigenvalue weighted by Gasteiger charge is -2.09. The summed E-state index contributed by atoms with van der Waals surface area (Å²) in [6.45, 7) is 0.0957. The number of non-ortho nitro benzene ring substituents is 1. The van der Waals surface area contributed by atoms with Crippen molar-refractivity contribution in [2.75, 3.05) is 6.79 Å². The molecule has 0 saturated carbocycles. The van der Waals surface area contributed by atoms with Crippen molar-refractivity contribution in [3.63, 3.8) is 0 Å². The quantitative estimate of drug-likeness (QED) is 0.0736. The van der Waals surface area contributed by atoms with Crippen LogP contribution in [0.4, 0.5) is 5.69 Å². The number of amides is 2. The number of nitrogens with one attached hydrogen (secondary N) is 2. The Hall–Kier alpha value is -6.30. The third-order valence-corrected chi connectivity index (χ3v) is 6.02. The largest absolute Gasteiger partial charge is 0.454 e. The molecule has 4 aromatic carbocycles. The lowest BCUT2D eigenvalue weighted by Crippen LogP contribution is -2.32. The molecule has 0 aliphatic carbocycles. The second kappa shape index (κ2) is 12.9. The number of nitro benzene ring substituents is 1. The van der Waals surface area contributed by atoms with Crippen LogP contribution in [0.25, 0.3) is 6.08 Å².